The second-order valence-corrected chi connectivity index (χ2v) is 4.50. The van der Waals surface area contributed by atoms with E-state index >= 15 is 0 Å². The molecule has 0 aromatic heterocycles. The van der Waals surface area contributed by atoms with Gasteiger partial charge in [-0.1, -0.05) is 26.7 Å². The van der Waals surface area contributed by atoms with E-state index in [1.165, 1.54) is 0 Å². The van der Waals surface area contributed by atoms with Crippen LogP contribution in [0.5, 0.6) is 0 Å². The first-order chi connectivity index (χ1) is 7.67. The van der Waals surface area contributed by atoms with E-state index in [0.29, 0.717) is 13.2 Å². The van der Waals surface area contributed by atoms with Gasteiger partial charge in [0, 0.05) is 13.1 Å². The highest BCUT2D eigenvalue weighted by Crippen LogP contribution is 2.28. The van der Waals surface area contributed by atoms with E-state index in [0.717, 1.165) is 38.8 Å². The summed E-state index contributed by atoms with van der Waals surface area (Å²) in [7, 11) is 0. The average molecular weight is 228 g/mol. The fourth-order valence-electron chi connectivity index (χ4n) is 2.66. The Morgan fingerprint density at radius 3 is 2.12 bits per heavy atom. The van der Waals surface area contributed by atoms with Crippen LogP contribution < -0.4 is 5.73 Å². The van der Waals surface area contributed by atoms with Gasteiger partial charge in [0.05, 0.1) is 13.2 Å². The molecule has 16 heavy (non-hydrogen) atoms. The van der Waals surface area contributed by atoms with Crippen LogP contribution in [0, 0.1) is 0 Å². The van der Waals surface area contributed by atoms with Gasteiger partial charge in [0.15, 0.2) is 0 Å². The number of rotatable bonds is 6. The highest BCUT2D eigenvalue weighted by molar-refractivity contribution is 5.84. The molecule has 94 valence electrons. The van der Waals surface area contributed by atoms with Crippen molar-refractivity contribution < 1.29 is 9.53 Å². The molecule has 4 nitrogen and oxygen atoms in total. The van der Waals surface area contributed by atoms with Gasteiger partial charge in [0.2, 0.25) is 5.91 Å². The zero-order valence-corrected chi connectivity index (χ0v) is 10.5. The molecule has 0 spiro atoms. The lowest BCUT2D eigenvalue weighted by Gasteiger charge is -2.43. The molecule has 0 aromatic carbocycles. The second kappa shape index (κ2) is 6.21. The summed E-state index contributed by atoms with van der Waals surface area (Å²) in [6.45, 7) is 7.28. The molecule has 1 rings (SSSR count). The van der Waals surface area contributed by atoms with Crippen molar-refractivity contribution in [2.45, 2.75) is 45.1 Å². The number of carbonyl (C=O) groups excluding carboxylic acids is 1. The number of amides is 1. The quantitative estimate of drug-likeness (QED) is 0.742. The molecule has 1 aliphatic heterocycles. The molecule has 0 atom stereocenters. The molecule has 1 saturated heterocycles. The van der Waals surface area contributed by atoms with Gasteiger partial charge in [-0.3, -0.25) is 9.69 Å². The van der Waals surface area contributed by atoms with Crippen molar-refractivity contribution in [1.29, 1.82) is 0 Å². The molecule has 0 bridgehead atoms. The third-order valence-electron chi connectivity index (χ3n) is 3.40. The third-order valence-corrected chi connectivity index (χ3v) is 3.40. The van der Waals surface area contributed by atoms with Crippen LogP contribution in [0.4, 0.5) is 0 Å². The molecular weight excluding hydrogens is 204 g/mol. The summed E-state index contributed by atoms with van der Waals surface area (Å²) < 4.78 is 5.34. The first kappa shape index (κ1) is 13.5. The van der Waals surface area contributed by atoms with Crippen molar-refractivity contribution in [2.24, 2.45) is 5.73 Å². The lowest BCUT2D eigenvalue weighted by molar-refractivity contribution is -0.135. The van der Waals surface area contributed by atoms with Crippen LogP contribution in [0.2, 0.25) is 0 Å². The van der Waals surface area contributed by atoms with Gasteiger partial charge in [-0.25, -0.2) is 0 Å². The molecule has 0 aromatic rings. The van der Waals surface area contributed by atoms with Crippen LogP contribution in [-0.2, 0) is 9.53 Å². The van der Waals surface area contributed by atoms with Crippen LogP contribution in [0.3, 0.4) is 0 Å². The van der Waals surface area contributed by atoms with Crippen molar-refractivity contribution >= 4 is 5.91 Å². The topological polar surface area (TPSA) is 55.6 Å². The standard InChI is InChI=1S/C12H24N2O2/c1-3-5-12(6-4-2,11(13)15)14-7-9-16-10-8-14/h3-10H2,1-2H3,(H2,13,15). The highest BCUT2D eigenvalue weighted by Gasteiger charge is 2.41. The third kappa shape index (κ3) is 2.74. The summed E-state index contributed by atoms with van der Waals surface area (Å²) in [5.41, 5.74) is 5.22. The number of nitrogens with zero attached hydrogens (tertiary/aromatic N) is 1. The largest absolute Gasteiger partial charge is 0.379 e. The SMILES string of the molecule is CCCC(CCC)(C(N)=O)N1CCOCC1. The first-order valence-corrected chi connectivity index (χ1v) is 6.30. The lowest BCUT2D eigenvalue weighted by Crippen LogP contribution is -2.60. The van der Waals surface area contributed by atoms with Gasteiger partial charge in [0.1, 0.15) is 5.54 Å². The van der Waals surface area contributed by atoms with Crippen LogP contribution in [-0.4, -0.2) is 42.6 Å². The maximum atomic E-state index is 11.8. The molecule has 1 amide bonds. The molecular formula is C12H24N2O2. The van der Waals surface area contributed by atoms with E-state index in [2.05, 4.69) is 18.7 Å². The normalized spacial score (nSPS) is 18.6. The van der Waals surface area contributed by atoms with Crippen LogP contribution in [0.25, 0.3) is 0 Å². The second-order valence-electron chi connectivity index (χ2n) is 4.50. The Balaban J connectivity index is 2.84. The maximum absolute atomic E-state index is 11.8. The number of carbonyl (C=O) groups is 1. The fourth-order valence-corrected chi connectivity index (χ4v) is 2.66. The van der Waals surface area contributed by atoms with E-state index < -0.39 is 5.54 Å². The summed E-state index contributed by atoms with van der Waals surface area (Å²) in [4.78, 5) is 14.1. The number of ether oxygens (including phenoxy) is 1. The lowest BCUT2D eigenvalue weighted by atomic mass is 9.85. The van der Waals surface area contributed by atoms with Crippen molar-refractivity contribution in [3.8, 4) is 0 Å². The molecule has 4 heteroatoms. The van der Waals surface area contributed by atoms with E-state index in [-0.39, 0.29) is 5.91 Å². The smallest absolute Gasteiger partial charge is 0.237 e. The average Bonchev–Trinajstić information content (AvgIpc) is 2.29. The highest BCUT2D eigenvalue weighted by atomic mass is 16.5. The monoisotopic (exact) mass is 228 g/mol. The first-order valence-electron chi connectivity index (χ1n) is 6.30. The van der Waals surface area contributed by atoms with E-state index in [9.17, 15) is 4.79 Å². The summed E-state index contributed by atoms with van der Waals surface area (Å²) in [6, 6.07) is 0. The Bertz CT molecular complexity index is 219. The van der Waals surface area contributed by atoms with Gasteiger partial charge in [-0.05, 0) is 12.8 Å². The minimum absolute atomic E-state index is 0.168. The van der Waals surface area contributed by atoms with Gasteiger partial charge < -0.3 is 10.5 Å². The molecule has 1 heterocycles. The predicted octanol–water partition coefficient (Wildman–Crippen LogP) is 1.14. The van der Waals surface area contributed by atoms with E-state index in [4.69, 9.17) is 10.5 Å². The molecule has 0 radical (unpaired) electrons. The van der Waals surface area contributed by atoms with Gasteiger partial charge in [-0.15, -0.1) is 0 Å². The zero-order chi connectivity index (χ0) is 12.0. The molecule has 0 unspecified atom stereocenters. The van der Waals surface area contributed by atoms with Gasteiger partial charge in [0.25, 0.3) is 0 Å². The van der Waals surface area contributed by atoms with Gasteiger partial charge in [-0.2, -0.15) is 0 Å². The minimum atomic E-state index is -0.437. The molecule has 1 fully saturated rings. The van der Waals surface area contributed by atoms with Crippen molar-refractivity contribution in [3.63, 3.8) is 0 Å². The maximum Gasteiger partial charge on any atom is 0.237 e. The predicted molar refractivity (Wildman–Crippen MR) is 64.1 cm³/mol. The van der Waals surface area contributed by atoms with Gasteiger partial charge >= 0.3 is 0 Å². The number of primary amides is 1. The van der Waals surface area contributed by atoms with Crippen LogP contribution >= 0.6 is 0 Å². The Kier molecular flexibility index (Phi) is 5.22. The molecule has 0 saturated carbocycles. The summed E-state index contributed by atoms with van der Waals surface area (Å²) >= 11 is 0. The molecule has 1 aliphatic rings. The number of hydrogen-bond acceptors (Lipinski definition) is 3. The van der Waals surface area contributed by atoms with Crippen molar-refractivity contribution in [2.75, 3.05) is 26.3 Å². The summed E-state index contributed by atoms with van der Waals surface area (Å²) in [5, 5.41) is 0. The van der Waals surface area contributed by atoms with Crippen LogP contribution in [0.1, 0.15) is 39.5 Å². The molecule has 2 N–H and O–H groups in total. The molecule has 0 aliphatic carbocycles. The van der Waals surface area contributed by atoms with E-state index in [1.807, 2.05) is 0 Å². The Morgan fingerprint density at radius 2 is 1.75 bits per heavy atom. The fraction of sp³-hybridized carbons (Fsp3) is 0.917. The Morgan fingerprint density at radius 1 is 1.25 bits per heavy atom. The summed E-state index contributed by atoms with van der Waals surface area (Å²) in [5.74, 6) is -0.168. The summed E-state index contributed by atoms with van der Waals surface area (Å²) in [6.07, 6.45) is 3.69. The Labute approximate surface area is 98.1 Å². The van der Waals surface area contributed by atoms with Crippen LogP contribution in [0.15, 0.2) is 0 Å². The zero-order valence-electron chi connectivity index (χ0n) is 10.5. The van der Waals surface area contributed by atoms with Crippen molar-refractivity contribution in [3.05, 3.63) is 0 Å². The van der Waals surface area contributed by atoms with E-state index in [1.54, 1.807) is 0 Å². The number of hydrogen-bond donors (Lipinski definition) is 1. The number of morpholine rings is 1. The number of nitrogens with two attached hydrogens (primary N) is 1. The minimum Gasteiger partial charge on any atom is -0.379 e. The van der Waals surface area contributed by atoms with Crippen molar-refractivity contribution in [1.82, 2.24) is 4.90 Å². The Hall–Kier alpha value is -0.610.